The van der Waals surface area contributed by atoms with Crippen LogP contribution in [0.25, 0.3) is 0 Å². The highest BCUT2D eigenvalue weighted by atomic mass is 16.5. The number of carbonyl (C=O) groups excluding carboxylic acids is 1. The van der Waals surface area contributed by atoms with E-state index in [9.17, 15) is 4.79 Å². The summed E-state index contributed by atoms with van der Waals surface area (Å²) in [4.78, 5) is 11.4. The maximum atomic E-state index is 11.4. The van der Waals surface area contributed by atoms with Gasteiger partial charge in [0.2, 0.25) is 0 Å². The van der Waals surface area contributed by atoms with E-state index in [0.29, 0.717) is 18.4 Å². The van der Waals surface area contributed by atoms with Gasteiger partial charge in [-0.2, -0.15) is 0 Å². The zero-order valence-electron chi connectivity index (χ0n) is 11.3. The molecule has 2 atom stereocenters. The molecule has 0 fully saturated rings. The van der Waals surface area contributed by atoms with Gasteiger partial charge in [-0.1, -0.05) is 46.3 Å². The molecule has 0 amide bonds. The van der Waals surface area contributed by atoms with Crippen LogP contribution in [0.15, 0.2) is 11.6 Å². The SMILES string of the molecule is CC1=C[C@H](COC(=O)C(C)C)C(C)(C)[C@@H]1C. The summed E-state index contributed by atoms with van der Waals surface area (Å²) in [6.07, 6.45) is 2.26. The minimum absolute atomic E-state index is 0.0352. The van der Waals surface area contributed by atoms with Crippen LogP contribution in [0, 0.1) is 23.2 Å². The molecule has 0 saturated heterocycles. The van der Waals surface area contributed by atoms with Gasteiger partial charge in [0.15, 0.2) is 0 Å². The van der Waals surface area contributed by atoms with Gasteiger partial charge in [-0.15, -0.1) is 0 Å². The number of carbonyl (C=O) groups is 1. The van der Waals surface area contributed by atoms with Crippen molar-refractivity contribution in [3.63, 3.8) is 0 Å². The van der Waals surface area contributed by atoms with Crippen LogP contribution in [0.5, 0.6) is 0 Å². The highest BCUT2D eigenvalue weighted by Crippen LogP contribution is 2.46. The fraction of sp³-hybridized carbons (Fsp3) is 0.786. The maximum absolute atomic E-state index is 11.4. The molecule has 0 heterocycles. The predicted octanol–water partition coefficient (Wildman–Crippen LogP) is 3.42. The van der Waals surface area contributed by atoms with E-state index in [4.69, 9.17) is 4.74 Å². The number of ether oxygens (including phenoxy) is 1. The molecule has 0 N–H and O–H groups in total. The highest BCUT2D eigenvalue weighted by molar-refractivity contribution is 5.71. The van der Waals surface area contributed by atoms with Crippen molar-refractivity contribution in [3.05, 3.63) is 11.6 Å². The van der Waals surface area contributed by atoms with Gasteiger partial charge < -0.3 is 4.74 Å². The summed E-state index contributed by atoms with van der Waals surface area (Å²) in [5, 5.41) is 0. The fourth-order valence-corrected chi connectivity index (χ4v) is 2.19. The number of rotatable bonds is 3. The second-order valence-corrected chi connectivity index (χ2v) is 5.84. The second-order valence-electron chi connectivity index (χ2n) is 5.84. The third-order valence-electron chi connectivity index (χ3n) is 4.10. The van der Waals surface area contributed by atoms with Crippen molar-refractivity contribution in [3.8, 4) is 0 Å². The molecule has 1 rings (SSSR count). The van der Waals surface area contributed by atoms with E-state index < -0.39 is 0 Å². The Balaban J connectivity index is 2.59. The predicted molar refractivity (Wildman–Crippen MR) is 66.0 cm³/mol. The first-order valence-corrected chi connectivity index (χ1v) is 6.11. The molecule has 92 valence electrons. The lowest BCUT2D eigenvalue weighted by Gasteiger charge is -2.32. The smallest absolute Gasteiger partial charge is 0.308 e. The van der Waals surface area contributed by atoms with Gasteiger partial charge in [0.05, 0.1) is 12.5 Å². The minimum atomic E-state index is -0.0959. The van der Waals surface area contributed by atoms with Crippen molar-refractivity contribution < 1.29 is 9.53 Å². The van der Waals surface area contributed by atoms with Crippen molar-refractivity contribution in [2.45, 2.75) is 41.5 Å². The number of hydrogen-bond acceptors (Lipinski definition) is 2. The van der Waals surface area contributed by atoms with Gasteiger partial charge in [-0.3, -0.25) is 4.79 Å². The van der Waals surface area contributed by atoms with Crippen LogP contribution in [0.2, 0.25) is 0 Å². The largest absolute Gasteiger partial charge is 0.465 e. The van der Waals surface area contributed by atoms with Crippen LogP contribution >= 0.6 is 0 Å². The summed E-state index contributed by atoms with van der Waals surface area (Å²) in [6, 6.07) is 0. The highest BCUT2D eigenvalue weighted by Gasteiger charge is 2.40. The molecule has 1 aliphatic carbocycles. The van der Waals surface area contributed by atoms with Crippen LogP contribution in [-0.2, 0) is 9.53 Å². The van der Waals surface area contributed by atoms with Crippen LogP contribution in [0.4, 0.5) is 0 Å². The molecular weight excluding hydrogens is 200 g/mol. The fourth-order valence-electron chi connectivity index (χ4n) is 2.19. The van der Waals surface area contributed by atoms with E-state index in [1.807, 2.05) is 13.8 Å². The molecule has 0 saturated carbocycles. The molecule has 0 aliphatic heterocycles. The number of allylic oxidation sites excluding steroid dienone is 1. The van der Waals surface area contributed by atoms with E-state index >= 15 is 0 Å². The zero-order chi connectivity index (χ0) is 12.5. The van der Waals surface area contributed by atoms with Crippen molar-refractivity contribution in [2.24, 2.45) is 23.2 Å². The lowest BCUT2D eigenvalue weighted by molar-refractivity contribution is -0.149. The average Bonchev–Trinajstić information content (AvgIpc) is 2.38. The molecule has 2 heteroatoms. The molecule has 0 aromatic heterocycles. The lowest BCUT2D eigenvalue weighted by atomic mass is 9.74. The molecule has 0 radical (unpaired) electrons. The number of esters is 1. The third-order valence-corrected chi connectivity index (χ3v) is 4.10. The van der Waals surface area contributed by atoms with Gasteiger partial charge >= 0.3 is 5.97 Å². The summed E-state index contributed by atoms with van der Waals surface area (Å²) in [5.74, 6) is 0.786. The van der Waals surface area contributed by atoms with Gasteiger partial charge in [0, 0.05) is 5.92 Å². The van der Waals surface area contributed by atoms with Gasteiger partial charge in [-0.25, -0.2) is 0 Å². The molecule has 2 nitrogen and oxygen atoms in total. The van der Waals surface area contributed by atoms with E-state index in [2.05, 4.69) is 33.8 Å². The van der Waals surface area contributed by atoms with E-state index in [1.165, 1.54) is 5.57 Å². The molecule has 0 bridgehead atoms. The summed E-state index contributed by atoms with van der Waals surface area (Å²) in [7, 11) is 0. The Hall–Kier alpha value is -0.790. The van der Waals surface area contributed by atoms with Crippen molar-refractivity contribution in [2.75, 3.05) is 6.61 Å². The Bertz CT molecular complexity index is 300. The van der Waals surface area contributed by atoms with Crippen molar-refractivity contribution >= 4 is 5.97 Å². The van der Waals surface area contributed by atoms with E-state index in [0.717, 1.165) is 0 Å². The summed E-state index contributed by atoms with van der Waals surface area (Å²) >= 11 is 0. The molecule has 1 aliphatic rings. The van der Waals surface area contributed by atoms with Crippen LogP contribution in [0.1, 0.15) is 41.5 Å². The Morgan fingerprint density at radius 1 is 1.50 bits per heavy atom. The Morgan fingerprint density at radius 3 is 2.44 bits per heavy atom. The van der Waals surface area contributed by atoms with Gasteiger partial charge in [0.1, 0.15) is 0 Å². The Kier molecular flexibility index (Phi) is 3.82. The van der Waals surface area contributed by atoms with Crippen LogP contribution < -0.4 is 0 Å². The first kappa shape index (κ1) is 13.3. The zero-order valence-corrected chi connectivity index (χ0v) is 11.3. The van der Waals surface area contributed by atoms with E-state index in [-0.39, 0.29) is 17.3 Å². The first-order chi connectivity index (χ1) is 7.26. The molecule has 16 heavy (non-hydrogen) atoms. The number of hydrogen-bond donors (Lipinski definition) is 0. The quantitative estimate of drug-likeness (QED) is 0.542. The molecule has 0 aromatic carbocycles. The topological polar surface area (TPSA) is 26.3 Å². The molecule has 0 spiro atoms. The second kappa shape index (κ2) is 4.60. The Labute approximate surface area is 99.1 Å². The molecular formula is C14H24O2. The molecule has 0 unspecified atom stereocenters. The van der Waals surface area contributed by atoms with Gasteiger partial charge in [0.25, 0.3) is 0 Å². The standard InChI is InChI=1S/C14H24O2/c1-9(2)13(15)16-8-12-7-10(3)11(4)14(12,5)6/h7,9,11-12H,8H2,1-6H3/t11-,12-/m1/s1. The normalized spacial score (nSPS) is 28.1. The van der Waals surface area contributed by atoms with Crippen molar-refractivity contribution in [1.82, 2.24) is 0 Å². The van der Waals surface area contributed by atoms with Crippen LogP contribution in [-0.4, -0.2) is 12.6 Å². The Morgan fingerprint density at radius 2 is 2.06 bits per heavy atom. The first-order valence-electron chi connectivity index (χ1n) is 6.11. The van der Waals surface area contributed by atoms with Crippen LogP contribution in [0.3, 0.4) is 0 Å². The minimum Gasteiger partial charge on any atom is -0.465 e. The van der Waals surface area contributed by atoms with Gasteiger partial charge in [-0.05, 0) is 18.3 Å². The lowest BCUT2D eigenvalue weighted by Crippen LogP contribution is -2.29. The third kappa shape index (κ3) is 2.47. The summed E-state index contributed by atoms with van der Waals surface area (Å²) < 4.78 is 5.34. The average molecular weight is 224 g/mol. The summed E-state index contributed by atoms with van der Waals surface area (Å²) in [6.45, 7) is 13.2. The van der Waals surface area contributed by atoms with Crippen molar-refractivity contribution in [1.29, 1.82) is 0 Å². The maximum Gasteiger partial charge on any atom is 0.308 e. The monoisotopic (exact) mass is 224 g/mol. The van der Waals surface area contributed by atoms with E-state index in [1.54, 1.807) is 0 Å². The molecule has 0 aromatic rings. The summed E-state index contributed by atoms with van der Waals surface area (Å²) in [5.41, 5.74) is 1.61.